The van der Waals surface area contributed by atoms with Crippen LogP contribution in [0.1, 0.15) is 28.8 Å². The molecule has 6 nitrogen and oxygen atoms in total. The van der Waals surface area contributed by atoms with Crippen LogP contribution in [0.4, 0.5) is 5.13 Å². The Labute approximate surface area is 178 Å². The largest absolute Gasteiger partial charge is 0.493 e. The maximum Gasteiger partial charge on any atom is 0.254 e. The summed E-state index contributed by atoms with van der Waals surface area (Å²) in [6.07, 6.45) is 2.38. The number of anilines is 1. The van der Waals surface area contributed by atoms with Gasteiger partial charge in [-0.15, -0.1) is 11.3 Å². The van der Waals surface area contributed by atoms with Gasteiger partial charge in [0.05, 0.1) is 12.3 Å². The van der Waals surface area contributed by atoms with Gasteiger partial charge in [-0.2, -0.15) is 0 Å². The average molecular weight is 420 g/mol. The number of hydrogen-bond donors (Lipinski definition) is 1. The Morgan fingerprint density at radius 2 is 2.03 bits per heavy atom. The lowest BCUT2D eigenvalue weighted by molar-refractivity contribution is -0.119. The van der Waals surface area contributed by atoms with Gasteiger partial charge < -0.3 is 15.0 Å². The first kappa shape index (κ1) is 18.8. The predicted molar refractivity (Wildman–Crippen MR) is 116 cm³/mol. The van der Waals surface area contributed by atoms with Crippen molar-refractivity contribution in [3.05, 3.63) is 65.0 Å². The number of fused-ring (bicyclic) bond motifs is 1. The van der Waals surface area contributed by atoms with Crippen molar-refractivity contribution in [2.45, 2.75) is 25.3 Å². The molecule has 1 saturated heterocycles. The number of carbonyl (C=O) groups excluding carboxylic acids is 2. The molecule has 0 spiro atoms. The highest BCUT2D eigenvalue weighted by molar-refractivity contribution is 7.14. The zero-order chi connectivity index (χ0) is 20.5. The van der Waals surface area contributed by atoms with Crippen molar-refractivity contribution in [1.82, 2.24) is 9.88 Å². The minimum Gasteiger partial charge on any atom is -0.493 e. The van der Waals surface area contributed by atoms with Gasteiger partial charge in [0.25, 0.3) is 5.91 Å². The standard InChI is InChI=1S/C23H21N3O3S/c27-21(19-7-4-11-26(19)22(28)15-5-2-1-3-6-15)25-23-24-18(14-30-23)16-8-9-20-17(13-16)10-12-29-20/h1-3,5-6,8-9,13-14,19H,4,7,10-12H2,(H,24,25,27). The molecule has 1 aromatic heterocycles. The summed E-state index contributed by atoms with van der Waals surface area (Å²) >= 11 is 1.39. The Kier molecular flexibility index (Phi) is 4.96. The van der Waals surface area contributed by atoms with E-state index in [9.17, 15) is 9.59 Å². The quantitative estimate of drug-likeness (QED) is 0.694. The molecule has 2 aliphatic rings. The maximum atomic E-state index is 12.9. The van der Waals surface area contributed by atoms with Gasteiger partial charge in [-0.05, 0) is 48.7 Å². The second-order valence-electron chi connectivity index (χ2n) is 7.47. The summed E-state index contributed by atoms with van der Waals surface area (Å²) in [4.78, 5) is 32.0. The van der Waals surface area contributed by atoms with Gasteiger partial charge in [-0.3, -0.25) is 9.59 Å². The van der Waals surface area contributed by atoms with Gasteiger partial charge in [0.2, 0.25) is 5.91 Å². The number of thiazole rings is 1. The number of ether oxygens (including phenoxy) is 1. The van der Waals surface area contributed by atoms with E-state index in [1.54, 1.807) is 17.0 Å². The topological polar surface area (TPSA) is 71.5 Å². The molecule has 2 aromatic carbocycles. The molecule has 5 rings (SSSR count). The minimum absolute atomic E-state index is 0.103. The van der Waals surface area contributed by atoms with Gasteiger partial charge >= 0.3 is 0 Å². The third-order valence-corrected chi connectivity index (χ3v) is 6.31. The molecular weight excluding hydrogens is 398 g/mol. The van der Waals surface area contributed by atoms with Gasteiger partial charge in [0.1, 0.15) is 11.8 Å². The van der Waals surface area contributed by atoms with E-state index in [4.69, 9.17) is 4.74 Å². The molecule has 7 heteroatoms. The normalized spacial score (nSPS) is 17.5. The number of likely N-dealkylation sites (tertiary alicyclic amines) is 1. The van der Waals surface area contributed by atoms with Gasteiger partial charge in [0.15, 0.2) is 5.13 Å². The highest BCUT2D eigenvalue weighted by Crippen LogP contribution is 2.32. The van der Waals surface area contributed by atoms with Crippen LogP contribution in [0.5, 0.6) is 5.75 Å². The van der Waals surface area contributed by atoms with E-state index in [2.05, 4.69) is 16.4 Å². The second kappa shape index (κ2) is 7.91. The van der Waals surface area contributed by atoms with Crippen LogP contribution in [0.3, 0.4) is 0 Å². The van der Waals surface area contributed by atoms with Gasteiger partial charge in [-0.1, -0.05) is 18.2 Å². The van der Waals surface area contributed by atoms with Crippen molar-refractivity contribution in [1.29, 1.82) is 0 Å². The summed E-state index contributed by atoms with van der Waals surface area (Å²) in [5.74, 6) is 0.653. The van der Waals surface area contributed by atoms with Crippen molar-refractivity contribution in [3.63, 3.8) is 0 Å². The van der Waals surface area contributed by atoms with Crippen molar-refractivity contribution >= 4 is 28.3 Å². The Bertz CT molecular complexity index is 1100. The summed E-state index contributed by atoms with van der Waals surface area (Å²) in [6, 6.07) is 14.7. The molecule has 1 atom stereocenters. The van der Waals surface area contributed by atoms with E-state index in [0.717, 1.165) is 36.5 Å². The summed E-state index contributed by atoms with van der Waals surface area (Å²) in [5, 5.41) is 5.40. The zero-order valence-electron chi connectivity index (χ0n) is 16.3. The average Bonchev–Trinajstić information content (AvgIpc) is 3.53. The number of hydrogen-bond acceptors (Lipinski definition) is 5. The SMILES string of the molecule is O=C(Nc1nc(-c2ccc3c(c2)CCO3)cs1)C1CCCN1C(=O)c1ccccc1. The number of nitrogens with one attached hydrogen (secondary N) is 1. The van der Waals surface area contributed by atoms with Crippen LogP contribution in [0.15, 0.2) is 53.9 Å². The molecular formula is C23H21N3O3S. The van der Waals surface area contributed by atoms with Gasteiger partial charge in [0, 0.05) is 29.5 Å². The molecule has 0 bridgehead atoms. The first-order valence-electron chi connectivity index (χ1n) is 10.1. The van der Waals surface area contributed by atoms with E-state index in [0.29, 0.717) is 23.7 Å². The lowest BCUT2D eigenvalue weighted by atomic mass is 10.1. The lowest BCUT2D eigenvalue weighted by Crippen LogP contribution is -2.43. The maximum absolute atomic E-state index is 12.9. The van der Waals surface area contributed by atoms with Crippen molar-refractivity contribution < 1.29 is 14.3 Å². The third-order valence-electron chi connectivity index (χ3n) is 5.56. The Balaban J connectivity index is 1.29. The highest BCUT2D eigenvalue weighted by Gasteiger charge is 2.34. The number of rotatable bonds is 4. The van der Waals surface area contributed by atoms with E-state index < -0.39 is 6.04 Å². The molecule has 1 unspecified atom stereocenters. The first-order valence-corrected chi connectivity index (χ1v) is 11.0. The summed E-state index contributed by atoms with van der Waals surface area (Å²) in [7, 11) is 0. The van der Waals surface area contributed by atoms with Gasteiger partial charge in [-0.25, -0.2) is 4.98 Å². The number of carbonyl (C=O) groups is 2. The van der Waals surface area contributed by atoms with Crippen molar-refractivity contribution in [3.8, 4) is 17.0 Å². The summed E-state index contributed by atoms with van der Waals surface area (Å²) < 4.78 is 5.56. The molecule has 3 aromatic rings. The molecule has 30 heavy (non-hydrogen) atoms. The number of aromatic nitrogens is 1. The minimum atomic E-state index is -0.470. The fraction of sp³-hybridized carbons (Fsp3) is 0.261. The van der Waals surface area contributed by atoms with E-state index in [-0.39, 0.29) is 11.8 Å². The van der Waals surface area contributed by atoms with Crippen molar-refractivity contribution in [2.24, 2.45) is 0 Å². The summed E-state index contributed by atoms with van der Waals surface area (Å²) in [6.45, 7) is 1.31. The van der Waals surface area contributed by atoms with Crippen LogP contribution in [0.2, 0.25) is 0 Å². The van der Waals surface area contributed by atoms with Crippen LogP contribution in [-0.4, -0.2) is 40.9 Å². The van der Waals surface area contributed by atoms with Crippen LogP contribution < -0.4 is 10.1 Å². The number of amides is 2. The first-order chi connectivity index (χ1) is 14.7. The van der Waals surface area contributed by atoms with Crippen LogP contribution in [0.25, 0.3) is 11.3 Å². The lowest BCUT2D eigenvalue weighted by Gasteiger charge is -2.23. The van der Waals surface area contributed by atoms with E-state index >= 15 is 0 Å². The molecule has 0 saturated carbocycles. The molecule has 0 radical (unpaired) electrons. The third kappa shape index (κ3) is 3.57. The smallest absolute Gasteiger partial charge is 0.254 e. The molecule has 3 heterocycles. The predicted octanol–water partition coefficient (Wildman–Crippen LogP) is 3.99. The molecule has 152 valence electrons. The molecule has 1 N–H and O–H groups in total. The molecule has 1 fully saturated rings. The molecule has 0 aliphatic carbocycles. The summed E-state index contributed by atoms with van der Waals surface area (Å²) in [5.41, 5.74) is 3.63. The number of benzene rings is 2. The zero-order valence-corrected chi connectivity index (χ0v) is 17.2. The van der Waals surface area contributed by atoms with E-state index in [1.807, 2.05) is 35.7 Å². The Hall–Kier alpha value is -3.19. The Morgan fingerprint density at radius 1 is 1.17 bits per heavy atom. The molecule has 2 aliphatic heterocycles. The highest BCUT2D eigenvalue weighted by atomic mass is 32.1. The van der Waals surface area contributed by atoms with Crippen LogP contribution >= 0.6 is 11.3 Å². The molecule has 2 amide bonds. The van der Waals surface area contributed by atoms with E-state index in [1.165, 1.54) is 16.9 Å². The fourth-order valence-electron chi connectivity index (χ4n) is 4.03. The Morgan fingerprint density at radius 3 is 2.90 bits per heavy atom. The fourth-order valence-corrected chi connectivity index (χ4v) is 4.75. The van der Waals surface area contributed by atoms with Crippen LogP contribution in [-0.2, 0) is 11.2 Å². The second-order valence-corrected chi connectivity index (χ2v) is 8.33. The number of nitrogens with zero attached hydrogens (tertiary/aromatic N) is 2. The van der Waals surface area contributed by atoms with Crippen LogP contribution in [0, 0.1) is 0 Å². The monoisotopic (exact) mass is 419 g/mol. The van der Waals surface area contributed by atoms with Crippen molar-refractivity contribution in [2.75, 3.05) is 18.5 Å².